The number of hydrogen-bond acceptors (Lipinski definition) is 2. The maximum Gasteiger partial charge on any atom is 0.374 e. The molecule has 30 heavy (non-hydrogen) atoms. The normalized spacial score (nSPS) is 12.4. The third kappa shape index (κ3) is 3.01. The summed E-state index contributed by atoms with van der Waals surface area (Å²) in [5, 5.41) is 15.6. The Kier molecular flexibility index (Phi) is 4.56. The molecule has 0 radical (unpaired) electrons. The summed E-state index contributed by atoms with van der Waals surface area (Å²) in [5.41, 5.74) is 0.974. The molecule has 0 atom stereocenters. The molecule has 2 heterocycles. The smallest absolute Gasteiger partial charge is 0.374 e. The summed E-state index contributed by atoms with van der Waals surface area (Å²) in [6.07, 6.45) is 0.220. The third-order valence-corrected chi connectivity index (χ3v) is 5.09. The average molecular weight is 419 g/mol. The predicted octanol–water partition coefficient (Wildman–Crippen LogP) is 5.17. The fourth-order valence-corrected chi connectivity index (χ4v) is 3.85. The summed E-state index contributed by atoms with van der Waals surface area (Å²) in [7, 11) is 0. The fraction of sp³-hybridized carbons (Fsp3) is 0.238. The van der Waals surface area contributed by atoms with Gasteiger partial charge in [-0.15, -0.1) is 0 Å². The van der Waals surface area contributed by atoms with E-state index in [1.165, 1.54) is 30.5 Å². The molecule has 0 spiro atoms. The van der Waals surface area contributed by atoms with Crippen molar-refractivity contribution in [1.82, 2.24) is 14.8 Å². The van der Waals surface area contributed by atoms with Gasteiger partial charge in [-0.2, -0.15) is 13.9 Å². The largest absolute Gasteiger partial charge is 0.477 e. The number of aliphatic carboxylic acids is 1. The lowest BCUT2D eigenvalue weighted by Crippen LogP contribution is -2.31. The average Bonchev–Trinajstić information content (AvgIpc) is 3.25. The van der Waals surface area contributed by atoms with Crippen LogP contribution < -0.4 is 0 Å². The number of aromatic amines is 1. The van der Waals surface area contributed by atoms with Crippen LogP contribution in [0, 0.1) is 11.6 Å². The van der Waals surface area contributed by atoms with Crippen molar-refractivity contribution in [3.05, 3.63) is 59.4 Å². The molecule has 0 unspecified atom stereocenters. The number of H-pyrrole nitrogens is 1. The summed E-state index contributed by atoms with van der Waals surface area (Å²) >= 11 is 0. The lowest BCUT2D eigenvalue weighted by atomic mass is 9.97. The van der Waals surface area contributed by atoms with Crippen molar-refractivity contribution >= 4 is 27.8 Å². The molecule has 0 aliphatic rings. The van der Waals surface area contributed by atoms with Gasteiger partial charge in [-0.1, -0.05) is 13.8 Å². The van der Waals surface area contributed by atoms with Crippen molar-refractivity contribution in [2.75, 3.05) is 0 Å². The summed E-state index contributed by atoms with van der Waals surface area (Å²) in [5.74, 6) is -8.02. The Labute approximate surface area is 167 Å². The number of aromatic nitrogens is 3. The molecule has 0 saturated heterocycles. The minimum absolute atomic E-state index is 0.0361. The molecule has 2 N–H and O–H groups in total. The molecular weight excluding hydrogens is 402 g/mol. The minimum Gasteiger partial charge on any atom is -0.477 e. The molecule has 0 amide bonds. The van der Waals surface area contributed by atoms with E-state index in [-0.39, 0.29) is 27.9 Å². The van der Waals surface area contributed by atoms with E-state index in [1.807, 2.05) is 0 Å². The van der Waals surface area contributed by atoms with E-state index in [9.17, 15) is 18.0 Å². The molecular formula is C21H17F4N3O2. The highest BCUT2D eigenvalue weighted by Crippen LogP contribution is 2.40. The van der Waals surface area contributed by atoms with Crippen LogP contribution in [0.15, 0.2) is 36.5 Å². The van der Waals surface area contributed by atoms with E-state index < -0.39 is 29.9 Å². The number of nitrogens with zero attached hydrogens (tertiary/aromatic N) is 2. The number of halogens is 4. The molecule has 0 saturated carbocycles. The van der Waals surface area contributed by atoms with Gasteiger partial charge in [0.05, 0.1) is 18.1 Å². The Morgan fingerprint density at radius 2 is 1.90 bits per heavy atom. The quantitative estimate of drug-likeness (QED) is 0.439. The summed E-state index contributed by atoms with van der Waals surface area (Å²) < 4.78 is 59.0. The third-order valence-electron chi connectivity index (χ3n) is 5.09. The molecule has 2 aromatic carbocycles. The van der Waals surface area contributed by atoms with E-state index in [2.05, 4.69) is 10.2 Å². The lowest BCUT2D eigenvalue weighted by molar-refractivity contribution is -0.164. The molecule has 9 heteroatoms. The van der Waals surface area contributed by atoms with Crippen LogP contribution in [0.4, 0.5) is 17.6 Å². The Morgan fingerprint density at radius 3 is 2.50 bits per heavy atom. The lowest BCUT2D eigenvalue weighted by Gasteiger charge is -2.17. The first-order valence-electron chi connectivity index (χ1n) is 9.17. The number of fused-ring (bicyclic) bond motifs is 2. The molecule has 4 rings (SSSR count). The van der Waals surface area contributed by atoms with Gasteiger partial charge >= 0.3 is 11.9 Å². The minimum atomic E-state index is -4.10. The second kappa shape index (κ2) is 6.86. The van der Waals surface area contributed by atoms with E-state index in [1.54, 1.807) is 24.5 Å². The van der Waals surface area contributed by atoms with Gasteiger partial charge in [0, 0.05) is 22.2 Å². The number of carboxylic acid groups (broad SMARTS) is 1. The summed E-state index contributed by atoms with van der Waals surface area (Å²) in [6, 6.07) is 6.93. The van der Waals surface area contributed by atoms with Gasteiger partial charge in [0.2, 0.25) is 0 Å². The van der Waals surface area contributed by atoms with Crippen molar-refractivity contribution in [1.29, 1.82) is 0 Å². The number of hydrogen-bond donors (Lipinski definition) is 2. The Morgan fingerprint density at radius 1 is 1.23 bits per heavy atom. The summed E-state index contributed by atoms with van der Waals surface area (Å²) in [6.45, 7) is 3.48. The van der Waals surface area contributed by atoms with Crippen LogP contribution in [0.2, 0.25) is 0 Å². The molecule has 0 fully saturated rings. The van der Waals surface area contributed by atoms with Gasteiger partial charge in [-0.05, 0) is 41.8 Å². The number of carboxylic acids is 1. The highest BCUT2D eigenvalue weighted by molar-refractivity contribution is 5.99. The zero-order valence-electron chi connectivity index (χ0n) is 16.0. The van der Waals surface area contributed by atoms with Gasteiger partial charge in [0.25, 0.3) is 0 Å². The highest BCUT2D eigenvalue weighted by Gasteiger charge is 2.41. The van der Waals surface area contributed by atoms with Crippen LogP contribution in [-0.4, -0.2) is 31.8 Å². The second-order valence-electron chi connectivity index (χ2n) is 7.44. The van der Waals surface area contributed by atoms with Crippen LogP contribution in [0.25, 0.3) is 27.5 Å². The zero-order valence-corrected chi connectivity index (χ0v) is 16.0. The Hall–Kier alpha value is -3.36. The van der Waals surface area contributed by atoms with E-state index in [0.717, 1.165) is 0 Å². The summed E-state index contributed by atoms with van der Waals surface area (Å²) in [4.78, 5) is 11.1. The van der Waals surface area contributed by atoms with Crippen molar-refractivity contribution in [2.24, 2.45) is 0 Å². The molecule has 0 aliphatic carbocycles. The number of nitrogens with one attached hydrogen (secondary N) is 1. The van der Waals surface area contributed by atoms with E-state index in [4.69, 9.17) is 5.11 Å². The zero-order chi connectivity index (χ0) is 21.8. The first-order valence-corrected chi connectivity index (χ1v) is 9.17. The topological polar surface area (TPSA) is 70.9 Å². The van der Waals surface area contributed by atoms with Gasteiger partial charge in [-0.25, -0.2) is 13.6 Å². The monoisotopic (exact) mass is 419 g/mol. The molecule has 4 aromatic rings. The number of benzene rings is 2. The standard InChI is InChI=1S/C21H17F4N3O2/c1-10(2)19-14(8-21(24,25)20(29)30)16-15(7-11-9-26-27-18(11)17(16)23)28(19)13-5-3-12(22)4-6-13/h3-7,9-10H,8H2,1-2H3,(H,26,27)(H,29,30). The number of alkyl halides is 2. The van der Waals surface area contributed by atoms with Crippen molar-refractivity contribution < 1.29 is 27.5 Å². The van der Waals surface area contributed by atoms with Crippen LogP contribution in [0.5, 0.6) is 0 Å². The van der Waals surface area contributed by atoms with Gasteiger partial charge in [0.15, 0.2) is 5.82 Å². The van der Waals surface area contributed by atoms with Crippen molar-refractivity contribution in [2.45, 2.75) is 32.1 Å². The van der Waals surface area contributed by atoms with Crippen LogP contribution in [-0.2, 0) is 11.2 Å². The Balaban J connectivity index is 2.16. The Bertz CT molecular complexity index is 1270. The second-order valence-corrected chi connectivity index (χ2v) is 7.44. The van der Waals surface area contributed by atoms with Crippen LogP contribution in [0.1, 0.15) is 31.0 Å². The van der Waals surface area contributed by atoms with Gasteiger partial charge in [0.1, 0.15) is 11.3 Å². The van der Waals surface area contributed by atoms with E-state index in [0.29, 0.717) is 16.8 Å². The maximum atomic E-state index is 15.4. The molecule has 156 valence electrons. The SMILES string of the molecule is CC(C)c1c(CC(F)(F)C(=O)O)c2c(F)c3[nH]ncc3cc2n1-c1ccc(F)cc1. The van der Waals surface area contributed by atoms with E-state index >= 15 is 4.39 Å². The predicted molar refractivity (Wildman–Crippen MR) is 103 cm³/mol. The van der Waals surface area contributed by atoms with Gasteiger partial charge < -0.3 is 9.67 Å². The molecule has 2 aromatic heterocycles. The van der Waals surface area contributed by atoms with Crippen LogP contribution >= 0.6 is 0 Å². The molecule has 5 nitrogen and oxygen atoms in total. The van der Waals surface area contributed by atoms with Crippen molar-refractivity contribution in [3.63, 3.8) is 0 Å². The molecule has 0 aliphatic heterocycles. The van der Waals surface area contributed by atoms with Crippen molar-refractivity contribution in [3.8, 4) is 5.69 Å². The molecule has 0 bridgehead atoms. The highest BCUT2D eigenvalue weighted by atomic mass is 19.3. The van der Waals surface area contributed by atoms with Crippen LogP contribution in [0.3, 0.4) is 0 Å². The fourth-order valence-electron chi connectivity index (χ4n) is 3.85. The first kappa shape index (κ1) is 19.9. The number of carbonyl (C=O) groups is 1. The number of rotatable bonds is 5. The maximum absolute atomic E-state index is 15.4. The van der Waals surface area contributed by atoms with Gasteiger partial charge in [-0.3, -0.25) is 5.10 Å². The first-order chi connectivity index (χ1) is 14.1.